The summed E-state index contributed by atoms with van der Waals surface area (Å²) in [5, 5.41) is 5.41. The van der Waals surface area contributed by atoms with Crippen LogP contribution in [0.25, 0.3) is 0 Å². The van der Waals surface area contributed by atoms with Gasteiger partial charge in [0.25, 0.3) is 0 Å². The van der Waals surface area contributed by atoms with Crippen molar-refractivity contribution in [3.8, 4) is 18.1 Å². The van der Waals surface area contributed by atoms with E-state index < -0.39 is 6.09 Å². The minimum Gasteiger partial charge on any atom is -0.408 e. The van der Waals surface area contributed by atoms with Crippen molar-refractivity contribution in [1.82, 2.24) is 5.32 Å². The maximum absolute atomic E-state index is 11.1. The van der Waals surface area contributed by atoms with E-state index in [4.69, 9.17) is 11.2 Å². The van der Waals surface area contributed by atoms with Gasteiger partial charge in [-0.3, -0.25) is 0 Å². The summed E-state index contributed by atoms with van der Waals surface area (Å²) in [7, 11) is 1.51. The second-order valence-electron chi connectivity index (χ2n) is 3.15. The fourth-order valence-corrected chi connectivity index (χ4v) is 1.24. The first-order valence-corrected chi connectivity index (χ1v) is 4.85. The Morgan fingerprint density at radius 3 is 2.94 bits per heavy atom. The van der Waals surface area contributed by atoms with E-state index in [9.17, 15) is 4.79 Å². The van der Waals surface area contributed by atoms with E-state index in [-0.39, 0.29) is 0 Å². The lowest BCUT2D eigenvalue weighted by Gasteiger charge is -2.12. The van der Waals surface area contributed by atoms with E-state index in [1.807, 2.05) is 19.1 Å². The molecule has 0 unspecified atom stereocenters. The van der Waals surface area contributed by atoms with Gasteiger partial charge >= 0.3 is 6.09 Å². The maximum Gasteiger partial charge on any atom is 0.412 e. The Kier molecular flexibility index (Phi) is 4.22. The minimum atomic E-state index is -0.505. The molecule has 0 fully saturated rings. The van der Waals surface area contributed by atoms with Crippen LogP contribution < -0.4 is 15.4 Å². The molecule has 1 amide bonds. The zero-order valence-electron chi connectivity index (χ0n) is 9.33. The molecule has 1 rings (SSSR count). The lowest BCUT2D eigenvalue weighted by molar-refractivity contribution is 0.203. The zero-order valence-corrected chi connectivity index (χ0v) is 9.33. The summed E-state index contributed by atoms with van der Waals surface area (Å²) >= 11 is 0. The van der Waals surface area contributed by atoms with Crippen molar-refractivity contribution in [2.45, 2.75) is 6.92 Å². The number of carbonyl (C=O) groups excluding carboxylic acids is 1. The molecule has 0 aliphatic carbocycles. The van der Waals surface area contributed by atoms with Gasteiger partial charge in [-0.05, 0) is 18.6 Å². The number of hydrogen-bond acceptors (Lipinski definition) is 3. The van der Waals surface area contributed by atoms with Crippen molar-refractivity contribution in [2.75, 3.05) is 18.9 Å². The van der Waals surface area contributed by atoms with Gasteiger partial charge in [0.15, 0.2) is 5.75 Å². The van der Waals surface area contributed by atoms with Crippen LogP contribution >= 0.6 is 0 Å². The maximum atomic E-state index is 11.1. The number of para-hydroxylation sites is 1. The average molecular weight is 218 g/mol. The molecule has 0 aromatic heterocycles. The number of benzene rings is 1. The van der Waals surface area contributed by atoms with E-state index >= 15 is 0 Å². The predicted molar refractivity (Wildman–Crippen MR) is 63.6 cm³/mol. The van der Waals surface area contributed by atoms with Gasteiger partial charge in [0.2, 0.25) is 0 Å². The molecule has 0 aliphatic rings. The summed E-state index contributed by atoms with van der Waals surface area (Å²) in [4.78, 5) is 11.1. The van der Waals surface area contributed by atoms with Gasteiger partial charge in [0.1, 0.15) is 0 Å². The van der Waals surface area contributed by atoms with Crippen molar-refractivity contribution in [2.24, 2.45) is 0 Å². The van der Waals surface area contributed by atoms with E-state index in [1.165, 1.54) is 7.05 Å². The van der Waals surface area contributed by atoms with Gasteiger partial charge < -0.3 is 15.4 Å². The molecule has 4 heteroatoms. The number of rotatable bonds is 3. The van der Waals surface area contributed by atoms with Crippen molar-refractivity contribution >= 4 is 11.8 Å². The average Bonchev–Trinajstić information content (AvgIpc) is 2.28. The lowest BCUT2D eigenvalue weighted by Crippen LogP contribution is -2.22. The molecule has 0 saturated heterocycles. The summed E-state index contributed by atoms with van der Waals surface area (Å²) in [5.74, 6) is 2.94. The van der Waals surface area contributed by atoms with Gasteiger partial charge in [0.05, 0.1) is 12.2 Å². The molecule has 0 radical (unpaired) electrons. The van der Waals surface area contributed by atoms with E-state index in [1.54, 1.807) is 6.07 Å². The third-order valence-corrected chi connectivity index (χ3v) is 2.01. The molecule has 0 atom stereocenters. The van der Waals surface area contributed by atoms with E-state index in [0.29, 0.717) is 12.3 Å². The smallest absolute Gasteiger partial charge is 0.408 e. The fourth-order valence-electron chi connectivity index (χ4n) is 1.24. The molecule has 0 heterocycles. The highest BCUT2D eigenvalue weighted by Gasteiger charge is 2.09. The van der Waals surface area contributed by atoms with Crippen LogP contribution in [0, 0.1) is 19.3 Å². The SMILES string of the molecule is C#CCNc1c(C)cccc1OC(=O)NC. The minimum absolute atomic E-state index is 0.384. The Balaban J connectivity index is 2.94. The summed E-state index contributed by atoms with van der Waals surface area (Å²) in [6, 6.07) is 5.44. The first-order chi connectivity index (χ1) is 7.69. The second kappa shape index (κ2) is 5.66. The molecule has 2 N–H and O–H groups in total. The van der Waals surface area contributed by atoms with Crippen molar-refractivity contribution in [1.29, 1.82) is 0 Å². The highest BCUT2D eigenvalue weighted by Crippen LogP contribution is 2.27. The van der Waals surface area contributed by atoms with Crippen LogP contribution in [0.2, 0.25) is 0 Å². The summed E-state index contributed by atoms with van der Waals surface area (Å²) < 4.78 is 5.09. The molecule has 4 nitrogen and oxygen atoms in total. The van der Waals surface area contributed by atoms with Crippen molar-refractivity contribution in [3.05, 3.63) is 23.8 Å². The number of hydrogen-bond donors (Lipinski definition) is 2. The Labute approximate surface area is 95.0 Å². The third-order valence-electron chi connectivity index (χ3n) is 2.01. The molecular formula is C12H14N2O2. The van der Waals surface area contributed by atoms with Gasteiger partial charge in [-0.2, -0.15) is 0 Å². The molecule has 1 aromatic carbocycles. The van der Waals surface area contributed by atoms with Gasteiger partial charge in [0, 0.05) is 7.05 Å². The largest absolute Gasteiger partial charge is 0.412 e. The van der Waals surface area contributed by atoms with Gasteiger partial charge in [-0.1, -0.05) is 18.1 Å². The highest BCUT2D eigenvalue weighted by molar-refractivity contribution is 5.74. The Morgan fingerprint density at radius 2 is 2.31 bits per heavy atom. The first-order valence-electron chi connectivity index (χ1n) is 4.85. The van der Waals surface area contributed by atoms with Crippen molar-refractivity contribution in [3.63, 3.8) is 0 Å². The molecule has 84 valence electrons. The van der Waals surface area contributed by atoms with Crippen LogP contribution in [-0.4, -0.2) is 19.7 Å². The summed E-state index contributed by atoms with van der Waals surface area (Å²) in [5.41, 5.74) is 1.71. The van der Waals surface area contributed by atoms with E-state index in [2.05, 4.69) is 16.6 Å². The van der Waals surface area contributed by atoms with Crippen LogP contribution in [0.3, 0.4) is 0 Å². The third kappa shape index (κ3) is 2.92. The molecular weight excluding hydrogens is 204 g/mol. The monoisotopic (exact) mass is 218 g/mol. The molecule has 0 saturated carbocycles. The fraction of sp³-hybridized carbons (Fsp3) is 0.250. The van der Waals surface area contributed by atoms with Gasteiger partial charge in [-0.15, -0.1) is 6.42 Å². The number of ether oxygens (including phenoxy) is 1. The first kappa shape index (κ1) is 11.9. The molecule has 1 aromatic rings. The molecule has 0 aliphatic heterocycles. The molecule has 0 bridgehead atoms. The topological polar surface area (TPSA) is 50.4 Å². The van der Waals surface area contributed by atoms with Crippen LogP contribution in [0.1, 0.15) is 5.56 Å². The van der Waals surface area contributed by atoms with Crippen LogP contribution in [0.4, 0.5) is 10.5 Å². The summed E-state index contributed by atoms with van der Waals surface area (Å²) in [6.07, 6.45) is 4.67. The number of nitrogens with one attached hydrogen (secondary N) is 2. The molecule has 0 spiro atoms. The van der Waals surface area contributed by atoms with E-state index in [0.717, 1.165) is 11.3 Å². The van der Waals surface area contributed by atoms with Gasteiger partial charge in [-0.25, -0.2) is 4.79 Å². The summed E-state index contributed by atoms with van der Waals surface area (Å²) in [6.45, 7) is 2.30. The normalized spacial score (nSPS) is 9.06. The van der Waals surface area contributed by atoms with Crippen molar-refractivity contribution < 1.29 is 9.53 Å². The second-order valence-corrected chi connectivity index (χ2v) is 3.15. The predicted octanol–water partition coefficient (Wildman–Crippen LogP) is 1.76. The Bertz CT molecular complexity index is 422. The number of carbonyl (C=O) groups is 1. The Hall–Kier alpha value is -2.15. The number of terminal acetylenes is 1. The lowest BCUT2D eigenvalue weighted by atomic mass is 10.2. The Morgan fingerprint density at radius 1 is 1.56 bits per heavy atom. The van der Waals surface area contributed by atoms with Crippen LogP contribution in [-0.2, 0) is 0 Å². The highest BCUT2D eigenvalue weighted by atomic mass is 16.6. The quantitative estimate of drug-likeness (QED) is 0.760. The number of amides is 1. The molecule has 16 heavy (non-hydrogen) atoms. The zero-order chi connectivity index (χ0) is 12.0. The number of aryl methyl sites for hydroxylation is 1. The number of anilines is 1. The standard InChI is InChI=1S/C12H14N2O2/c1-4-8-14-11-9(2)6-5-7-10(11)16-12(15)13-3/h1,5-7,14H,8H2,2-3H3,(H,13,15). The van der Waals surface area contributed by atoms with Crippen LogP contribution in [0.5, 0.6) is 5.75 Å². The van der Waals surface area contributed by atoms with Crippen LogP contribution in [0.15, 0.2) is 18.2 Å².